The zero-order chi connectivity index (χ0) is 19.7. The third-order valence-corrected chi connectivity index (χ3v) is 4.88. The van der Waals surface area contributed by atoms with Crippen molar-refractivity contribution < 1.29 is 24.2 Å². The molecular weight excluding hydrogens is 370 g/mol. The molecule has 1 N–H and O–H groups in total. The third-order valence-electron chi connectivity index (χ3n) is 4.53. The van der Waals surface area contributed by atoms with Gasteiger partial charge in [0, 0.05) is 17.6 Å². The van der Waals surface area contributed by atoms with Crippen molar-refractivity contribution in [2.75, 3.05) is 21.3 Å². The highest BCUT2D eigenvalue weighted by molar-refractivity contribution is 6.46. The zero-order valence-corrected chi connectivity index (χ0v) is 15.8. The highest BCUT2D eigenvalue weighted by atomic mass is 35.5. The molecule has 0 spiro atoms. The Morgan fingerprint density at radius 3 is 2.37 bits per heavy atom. The van der Waals surface area contributed by atoms with Gasteiger partial charge >= 0.3 is 0 Å². The van der Waals surface area contributed by atoms with E-state index in [1.165, 1.54) is 26.2 Å². The van der Waals surface area contributed by atoms with Crippen molar-refractivity contribution >= 4 is 29.1 Å². The summed E-state index contributed by atoms with van der Waals surface area (Å²) in [4.78, 5) is 26.2. The Kier molecular flexibility index (Phi) is 5.10. The van der Waals surface area contributed by atoms with Crippen LogP contribution in [0.4, 0.5) is 0 Å². The summed E-state index contributed by atoms with van der Waals surface area (Å²) in [7, 11) is 4.47. The SMILES string of the molecule is COc1ccc(C(O)=C2C(=O)C(=O)N(C)[C@H]2c2ccccc2Cl)cc1OC. The topological polar surface area (TPSA) is 76.1 Å². The lowest BCUT2D eigenvalue weighted by molar-refractivity contribution is -0.139. The zero-order valence-electron chi connectivity index (χ0n) is 15.0. The Labute approximate surface area is 161 Å². The lowest BCUT2D eigenvalue weighted by Crippen LogP contribution is -2.25. The van der Waals surface area contributed by atoms with Gasteiger partial charge in [-0.3, -0.25) is 9.59 Å². The molecule has 0 saturated carbocycles. The summed E-state index contributed by atoms with van der Waals surface area (Å²) in [5.41, 5.74) is 0.863. The third kappa shape index (κ3) is 3.13. The second kappa shape index (κ2) is 7.32. The second-order valence-corrected chi connectivity index (χ2v) is 6.41. The van der Waals surface area contributed by atoms with Gasteiger partial charge < -0.3 is 19.5 Å². The molecule has 0 radical (unpaired) electrons. The van der Waals surface area contributed by atoms with Gasteiger partial charge in [-0.25, -0.2) is 0 Å². The molecule has 1 atom stereocenters. The summed E-state index contributed by atoms with van der Waals surface area (Å²) in [5.74, 6) is -0.908. The number of methoxy groups -OCH3 is 2. The van der Waals surface area contributed by atoms with E-state index in [1.54, 1.807) is 42.5 Å². The Bertz CT molecular complexity index is 953. The summed E-state index contributed by atoms with van der Waals surface area (Å²) in [6.07, 6.45) is 0. The highest BCUT2D eigenvalue weighted by Gasteiger charge is 2.44. The van der Waals surface area contributed by atoms with E-state index in [-0.39, 0.29) is 11.3 Å². The lowest BCUT2D eigenvalue weighted by atomic mass is 9.95. The number of rotatable bonds is 4. The number of likely N-dealkylation sites (tertiary alicyclic amines) is 1. The normalized spacial score (nSPS) is 18.7. The van der Waals surface area contributed by atoms with Crippen molar-refractivity contribution in [2.45, 2.75) is 6.04 Å². The van der Waals surface area contributed by atoms with E-state index in [0.717, 1.165) is 0 Å². The minimum Gasteiger partial charge on any atom is -0.507 e. The molecule has 1 aliphatic heterocycles. The van der Waals surface area contributed by atoms with Crippen molar-refractivity contribution in [1.82, 2.24) is 4.90 Å². The molecule has 6 nitrogen and oxygen atoms in total. The van der Waals surface area contributed by atoms with E-state index in [2.05, 4.69) is 0 Å². The smallest absolute Gasteiger partial charge is 0.295 e. The average Bonchev–Trinajstić information content (AvgIpc) is 2.91. The lowest BCUT2D eigenvalue weighted by Gasteiger charge is -2.22. The molecule has 1 fully saturated rings. The Morgan fingerprint density at radius 1 is 1.07 bits per heavy atom. The molecule has 2 aromatic rings. The molecule has 0 aromatic heterocycles. The summed E-state index contributed by atoms with van der Waals surface area (Å²) in [6, 6.07) is 10.9. The molecule has 27 heavy (non-hydrogen) atoms. The molecular formula is C20H18ClNO5. The van der Waals surface area contributed by atoms with Crippen LogP contribution in [-0.2, 0) is 9.59 Å². The van der Waals surface area contributed by atoms with Gasteiger partial charge in [-0.05, 0) is 29.8 Å². The number of Topliss-reactive ketones (excluding diaryl/α,β-unsaturated/α-hetero) is 1. The average molecular weight is 388 g/mol. The van der Waals surface area contributed by atoms with Gasteiger partial charge in [0.25, 0.3) is 11.7 Å². The van der Waals surface area contributed by atoms with Crippen LogP contribution in [0.5, 0.6) is 11.5 Å². The van der Waals surface area contributed by atoms with Crippen molar-refractivity contribution in [3.8, 4) is 11.5 Å². The fraction of sp³-hybridized carbons (Fsp3) is 0.200. The molecule has 7 heteroatoms. The van der Waals surface area contributed by atoms with Gasteiger partial charge in [-0.1, -0.05) is 29.8 Å². The summed E-state index contributed by atoms with van der Waals surface area (Å²) >= 11 is 6.28. The van der Waals surface area contributed by atoms with Crippen LogP contribution >= 0.6 is 11.6 Å². The quantitative estimate of drug-likeness (QED) is 0.494. The van der Waals surface area contributed by atoms with Gasteiger partial charge in [-0.2, -0.15) is 0 Å². The molecule has 1 amide bonds. The van der Waals surface area contributed by atoms with E-state index in [4.69, 9.17) is 21.1 Å². The number of hydrogen-bond donors (Lipinski definition) is 1. The maximum Gasteiger partial charge on any atom is 0.295 e. The predicted molar refractivity (Wildman–Crippen MR) is 101 cm³/mol. The van der Waals surface area contributed by atoms with Gasteiger partial charge in [0.1, 0.15) is 5.76 Å². The molecule has 0 bridgehead atoms. The summed E-state index contributed by atoms with van der Waals surface area (Å²) in [5, 5.41) is 11.3. The largest absolute Gasteiger partial charge is 0.507 e. The maximum atomic E-state index is 12.6. The highest BCUT2D eigenvalue weighted by Crippen LogP contribution is 2.41. The number of nitrogens with zero attached hydrogens (tertiary/aromatic N) is 1. The number of ether oxygens (including phenoxy) is 2. The number of aliphatic hydroxyl groups is 1. The van der Waals surface area contributed by atoms with Crippen LogP contribution in [0.15, 0.2) is 48.0 Å². The fourth-order valence-electron chi connectivity index (χ4n) is 3.15. The second-order valence-electron chi connectivity index (χ2n) is 6.00. The minimum atomic E-state index is -0.785. The van der Waals surface area contributed by atoms with Crippen LogP contribution in [-0.4, -0.2) is 43.0 Å². The van der Waals surface area contributed by atoms with E-state index in [1.807, 2.05) is 0 Å². The number of carbonyl (C=O) groups is 2. The van der Waals surface area contributed by atoms with E-state index in [9.17, 15) is 14.7 Å². The molecule has 3 rings (SSSR count). The first-order valence-corrected chi connectivity index (χ1v) is 8.50. The summed E-state index contributed by atoms with van der Waals surface area (Å²) < 4.78 is 10.4. The number of aliphatic hydroxyl groups excluding tert-OH is 1. The number of benzene rings is 2. The maximum absolute atomic E-state index is 12.6. The number of halogens is 1. The molecule has 0 aliphatic carbocycles. The molecule has 0 unspecified atom stereocenters. The standard InChI is InChI=1S/C20H18ClNO5/c1-22-17(12-6-4-5-7-13(12)21)16(19(24)20(22)25)18(23)11-8-9-14(26-2)15(10-11)27-3/h4-10,17,23H,1-3H3/t17-/m0/s1. The Balaban J connectivity index is 2.20. The number of ketones is 1. The van der Waals surface area contributed by atoms with Crippen LogP contribution in [0.1, 0.15) is 17.2 Å². The van der Waals surface area contributed by atoms with E-state index >= 15 is 0 Å². The van der Waals surface area contributed by atoms with E-state index in [0.29, 0.717) is 27.6 Å². The van der Waals surface area contributed by atoms with Gasteiger partial charge in [0.15, 0.2) is 11.5 Å². The number of carbonyl (C=O) groups excluding carboxylic acids is 2. The summed E-state index contributed by atoms with van der Waals surface area (Å²) in [6.45, 7) is 0. The monoisotopic (exact) mass is 387 g/mol. The molecule has 1 aliphatic rings. The van der Waals surface area contributed by atoms with Crippen LogP contribution in [0, 0.1) is 0 Å². The first-order valence-electron chi connectivity index (χ1n) is 8.12. The molecule has 140 valence electrons. The van der Waals surface area contributed by atoms with Gasteiger partial charge in [-0.15, -0.1) is 0 Å². The number of amides is 1. The minimum absolute atomic E-state index is 0.0252. The van der Waals surface area contributed by atoms with Gasteiger partial charge in [0.05, 0.1) is 25.8 Å². The van der Waals surface area contributed by atoms with E-state index < -0.39 is 17.7 Å². The molecule has 1 heterocycles. The Morgan fingerprint density at radius 2 is 1.74 bits per heavy atom. The predicted octanol–water partition coefficient (Wildman–Crippen LogP) is 3.41. The van der Waals surface area contributed by atoms with Crippen molar-refractivity contribution in [3.63, 3.8) is 0 Å². The Hall–Kier alpha value is -2.99. The number of likely N-dealkylation sites (N-methyl/N-ethyl adjacent to an activating group) is 1. The van der Waals surface area contributed by atoms with Crippen molar-refractivity contribution in [1.29, 1.82) is 0 Å². The van der Waals surface area contributed by atoms with Crippen LogP contribution in [0.25, 0.3) is 5.76 Å². The first kappa shape index (κ1) is 18.8. The molecule has 1 saturated heterocycles. The van der Waals surface area contributed by atoms with Crippen LogP contribution in [0.2, 0.25) is 5.02 Å². The van der Waals surface area contributed by atoms with Gasteiger partial charge in [0.2, 0.25) is 0 Å². The first-order chi connectivity index (χ1) is 12.9. The molecule has 2 aromatic carbocycles. The fourth-order valence-corrected chi connectivity index (χ4v) is 3.39. The van der Waals surface area contributed by atoms with Crippen molar-refractivity contribution in [2.24, 2.45) is 0 Å². The van der Waals surface area contributed by atoms with Crippen LogP contribution < -0.4 is 9.47 Å². The van der Waals surface area contributed by atoms with Crippen LogP contribution in [0.3, 0.4) is 0 Å². The number of hydrogen-bond acceptors (Lipinski definition) is 5. The van der Waals surface area contributed by atoms with Crippen molar-refractivity contribution in [3.05, 3.63) is 64.2 Å².